The highest BCUT2D eigenvalue weighted by Crippen LogP contribution is 2.18. The van der Waals surface area contributed by atoms with E-state index in [9.17, 15) is 8.78 Å². The third-order valence-corrected chi connectivity index (χ3v) is 3.32. The molecule has 94 valence electrons. The van der Waals surface area contributed by atoms with Crippen LogP contribution in [0.2, 0.25) is 0 Å². The van der Waals surface area contributed by atoms with Crippen LogP contribution in [0.25, 0.3) is 0 Å². The minimum absolute atomic E-state index is 0.572. The van der Waals surface area contributed by atoms with Crippen molar-refractivity contribution >= 4 is 5.69 Å². The van der Waals surface area contributed by atoms with E-state index in [0.717, 1.165) is 25.2 Å². The molecule has 2 nitrogen and oxygen atoms in total. The fourth-order valence-electron chi connectivity index (χ4n) is 2.20. The normalized spacial score (nSPS) is 19.6. The Kier molecular flexibility index (Phi) is 3.94. The Morgan fingerprint density at radius 2 is 2.18 bits per heavy atom. The summed E-state index contributed by atoms with van der Waals surface area (Å²) in [6.45, 7) is 1.95. The van der Waals surface area contributed by atoms with E-state index in [1.54, 1.807) is 6.07 Å². The summed E-state index contributed by atoms with van der Waals surface area (Å²) < 4.78 is 25.9. The highest BCUT2D eigenvalue weighted by molar-refractivity contribution is 5.45. The minimum atomic E-state index is -0.792. The van der Waals surface area contributed by atoms with Crippen LogP contribution < -0.4 is 10.2 Å². The van der Waals surface area contributed by atoms with E-state index < -0.39 is 11.6 Å². The molecular formula is C13H18F2N2. The average molecular weight is 240 g/mol. The van der Waals surface area contributed by atoms with Crippen molar-refractivity contribution in [1.29, 1.82) is 0 Å². The van der Waals surface area contributed by atoms with Gasteiger partial charge in [-0.25, -0.2) is 8.78 Å². The van der Waals surface area contributed by atoms with Crippen molar-refractivity contribution in [1.82, 2.24) is 5.32 Å². The Balaban J connectivity index is 1.89. The average Bonchev–Trinajstić information content (AvgIpc) is 2.82. The Bertz CT molecular complexity index is 376. The largest absolute Gasteiger partial charge is 0.374 e. The molecule has 2 rings (SSSR count). The standard InChI is InChI=1S/C13H18F2N2/c1-17(8-6-10-3-2-7-16-10)11-4-5-12(14)13(15)9-11/h4-5,9-10,16H,2-3,6-8H2,1H3. The van der Waals surface area contributed by atoms with Gasteiger partial charge in [0.2, 0.25) is 0 Å². The van der Waals surface area contributed by atoms with Crippen LogP contribution in [-0.4, -0.2) is 26.2 Å². The minimum Gasteiger partial charge on any atom is -0.374 e. The Labute approximate surface area is 101 Å². The topological polar surface area (TPSA) is 15.3 Å². The molecule has 1 saturated heterocycles. The molecule has 0 radical (unpaired) electrons. The first-order chi connectivity index (χ1) is 8.16. The van der Waals surface area contributed by atoms with E-state index in [2.05, 4.69) is 5.32 Å². The summed E-state index contributed by atoms with van der Waals surface area (Å²) in [5.74, 6) is -1.58. The van der Waals surface area contributed by atoms with Crippen LogP contribution in [0.15, 0.2) is 18.2 Å². The molecule has 1 aromatic carbocycles. The SMILES string of the molecule is CN(CCC1CCCN1)c1ccc(F)c(F)c1. The number of nitrogens with one attached hydrogen (secondary N) is 1. The maximum Gasteiger partial charge on any atom is 0.160 e. The van der Waals surface area contributed by atoms with Crippen molar-refractivity contribution in [2.45, 2.75) is 25.3 Å². The fourth-order valence-corrected chi connectivity index (χ4v) is 2.20. The molecule has 1 aliphatic heterocycles. The molecule has 1 aliphatic rings. The molecule has 0 bridgehead atoms. The molecule has 1 heterocycles. The van der Waals surface area contributed by atoms with Gasteiger partial charge < -0.3 is 10.2 Å². The zero-order chi connectivity index (χ0) is 12.3. The van der Waals surface area contributed by atoms with Crippen LogP contribution in [0.1, 0.15) is 19.3 Å². The predicted molar refractivity (Wildman–Crippen MR) is 65.3 cm³/mol. The number of anilines is 1. The number of hydrogen-bond acceptors (Lipinski definition) is 2. The first-order valence-corrected chi connectivity index (χ1v) is 6.06. The Morgan fingerprint density at radius 3 is 2.82 bits per heavy atom. The van der Waals surface area contributed by atoms with Crippen molar-refractivity contribution in [3.63, 3.8) is 0 Å². The van der Waals surface area contributed by atoms with Gasteiger partial charge in [0.05, 0.1) is 0 Å². The van der Waals surface area contributed by atoms with Gasteiger partial charge in [-0.15, -0.1) is 0 Å². The molecule has 1 fully saturated rings. The first-order valence-electron chi connectivity index (χ1n) is 6.06. The number of hydrogen-bond donors (Lipinski definition) is 1. The molecule has 1 atom stereocenters. The van der Waals surface area contributed by atoms with Crippen molar-refractivity contribution in [2.75, 3.05) is 25.0 Å². The lowest BCUT2D eigenvalue weighted by atomic mass is 10.1. The van der Waals surface area contributed by atoms with E-state index in [4.69, 9.17) is 0 Å². The summed E-state index contributed by atoms with van der Waals surface area (Å²) in [6, 6.07) is 4.61. The van der Waals surface area contributed by atoms with E-state index in [0.29, 0.717) is 6.04 Å². The van der Waals surface area contributed by atoms with Crippen molar-refractivity contribution in [2.24, 2.45) is 0 Å². The highest BCUT2D eigenvalue weighted by atomic mass is 19.2. The van der Waals surface area contributed by atoms with Crippen LogP contribution in [0, 0.1) is 11.6 Å². The highest BCUT2D eigenvalue weighted by Gasteiger charge is 2.14. The lowest BCUT2D eigenvalue weighted by molar-refractivity contribution is 0.508. The van der Waals surface area contributed by atoms with E-state index >= 15 is 0 Å². The summed E-state index contributed by atoms with van der Waals surface area (Å²) in [7, 11) is 1.90. The molecule has 1 aromatic rings. The van der Waals surface area contributed by atoms with Gasteiger partial charge >= 0.3 is 0 Å². The molecule has 1 unspecified atom stereocenters. The Hall–Kier alpha value is -1.16. The monoisotopic (exact) mass is 240 g/mol. The van der Waals surface area contributed by atoms with Gasteiger partial charge in [0.15, 0.2) is 11.6 Å². The maximum absolute atomic E-state index is 13.1. The second-order valence-corrected chi connectivity index (χ2v) is 4.60. The molecule has 0 amide bonds. The van der Waals surface area contributed by atoms with Crippen molar-refractivity contribution in [3.05, 3.63) is 29.8 Å². The number of benzene rings is 1. The second kappa shape index (κ2) is 5.45. The fraction of sp³-hybridized carbons (Fsp3) is 0.538. The lowest BCUT2D eigenvalue weighted by Crippen LogP contribution is -2.28. The molecule has 0 aromatic heterocycles. The quantitative estimate of drug-likeness (QED) is 0.870. The van der Waals surface area contributed by atoms with Crippen molar-refractivity contribution in [3.8, 4) is 0 Å². The van der Waals surface area contributed by atoms with Crippen LogP contribution in [0.5, 0.6) is 0 Å². The van der Waals surface area contributed by atoms with Gasteiger partial charge in [0.25, 0.3) is 0 Å². The molecule has 0 aliphatic carbocycles. The molecule has 1 N–H and O–H groups in total. The molecular weight excluding hydrogens is 222 g/mol. The lowest BCUT2D eigenvalue weighted by Gasteiger charge is -2.21. The van der Waals surface area contributed by atoms with Gasteiger partial charge in [-0.3, -0.25) is 0 Å². The second-order valence-electron chi connectivity index (χ2n) is 4.60. The summed E-state index contributed by atoms with van der Waals surface area (Å²) in [5, 5.41) is 3.42. The molecule has 17 heavy (non-hydrogen) atoms. The van der Waals surface area contributed by atoms with E-state index in [1.165, 1.54) is 25.0 Å². The van der Waals surface area contributed by atoms with Crippen LogP contribution >= 0.6 is 0 Å². The summed E-state index contributed by atoms with van der Waals surface area (Å²) in [4.78, 5) is 1.96. The van der Waals surface area contributed by atoms with Gasteiger partial charge in [-0.1, -0.05) is 0 Å². The number of rotatable bonds is 4. The van der Waals surface area contributed by atoms with E-state index in [-0.39, 0.29) is 0 Å². The summed E-state index contributed by atoms with van der Waals surface area (Å²) >= 11 is 0. The molecule has 0 saturated carbocycles. The van der Waals surface area contributed by atoms with Gasteiger partial charge in [-0.2, -0.15) is 0 Å². The van der Waals surface area contributed by atoms with Crippen LogP contribution in [0.4, 0.5) is 14.5 Å². The Morgan fingerprint density at radius 1 is 1.35 bits per heavy atom. The van der Waals surface area contributed by atoms with E-state index in [1.807, 2.05) is 11.9 Å². The predicted octanol–water partition coefficient (Wildman–Crippen LogP) is 2.54. The summed E-state index contributed by atoms with van der Waals surface area (Å²) in [6.07, 6.45) is 3.49. The van der Waals surface area contributed by atoms with Gasteiger partial charge in [0, 0.05) is 31.4 Å². The zero-order valence-electron chi connectivity index (χ0n) is 10.0. The summed E-state index contributed by atoms with van der Waals surface area (Å²) in [5.41, 5.74) is 0.724. The van der Waals surface area contributed by atoms with Gasteiger partial charge in [0.1, 0.15) is 0 Å². The molecule has 0 spiro atoms. The zero-order valence-corrected chi connectivity index (χ0v) is 10.0. The van der Waals surface area contributed by atoms with Crippen LogP contribution in [-0.2, 0) is 0 Å². The molecule has 4 heteroatoms. The number of nitrogens with zero attached hydrogens (tertiary/aromatic N) is 1. The number of halogens is 2. The third kappa shape index (κ3) is 3.16. The third-order valence-electron chi connectivity index (χ3n) is 3.32. The van der Waals surface area contributed by atoms with Crippen molar-refractivity contribution < 1.29 is 8.78 Å². The van der Waals surface area contributed by atoms with Crippen LogP contribution in [0.3, 0.4) is 0 Å². The smallest absolute Gasteiger partial charge is 0.160 e. The maximum atomic E-state index is 13.1. The van der Waals surface area contributed by atoms with Gasteiger partial charge in [-0.05, 0) is 37.9 Å². The first kappa shape index (κ1) is 12.3.